The summed E-state index contributed by atoms with van der Waals surface area (Å²) in [5.74, 6) is 0.395. The van der Waals surface area contributed by atoms with Crippen LogP contribution in [0.25, 0.3) is 0 Å². The third-order valence-corrected chi connectivity index (χ3v) is 4.16. The third-order valence-electron chi connectivity index (χ3n) is 4.16. The molecule has 0 aromatic heterocycles. The SMILES string of the molecule is O=C(CC1C=CCC1)Nc1ccccc1CN1CCNC1=O. The van der Waals surface area contributed by atoms with Crippen LogP contribution in [0, 0.1) is 5.92 Å². The average Bonchev–Trinajstić information content (AvgIpc) is 3.14. The van der Waals surface area contributed by atoms with Gasteiger partial charge in [-0.3, -0.25) is 4.79 Å². The molecule has 0 saturated carbocycles. The minimum atomic E-state index is -0.0442. The second-order valence-corrected chi connectivity index (χ2v) is 5.83. The molecule has 22 heavy (non-hydrogen) atoms. The lowest BCUT2D eigenvalue weighted by Gasteiger charge is -2.17. The maximum Gasteiger partial charge on any atom is 0.317 e. The summed E-state index contributed by atoms with van der Waals surface area (Å²) in [6.45, 7) is 1.90. The van der Waals surface area contributed by atoms with Gasteiger partial charge in [-0.1, -0.05) is 30.4 Å². The molecule has 1 saturated heterocycles. The molecular formula is C17H21N3O2. The number of nitrogens with one attached hydrogen (secondary N) is 2. The molecule has 1 aromatic rings. The number of carbonyl (C=O) groups is 2. The highest BCUT2D eigenvalue weighted by Gasteiger charge is 2.21. The number of para-hydroxylation sites is 1. The molecule has 2 N–H and O–H groups in total. The molecule has 1 aliphatic carbocycles. The summed E-state index contributed by atoms with van der Waals surface area (Å²) >= 11 is 0. The fourth-order valence-corrected chi connectivity index (χ4v) is 2.95. The minimum Gasteiger partial charge on any atom is -0.336 e. The number of allylic oxidation sites excluding steroid dienone is 2. The summed E-state index contributed by atoms with van der Waals surface area (Å²) in [4.78, 5) is 25.6. The normalized spacial score (nSPS) is 20.3. The number of anilines is 1. The van der Waals surface area contributed by atoms with Crippen molar-refractivity contribution in [1.82, 2.24) is 10.2 Å². The van der Waals surface area contributed by atoms with Gasteiger partial charge in [-0.05, 0) is 30.4 Å². The predicted octanol–water partition coefficient (Wildman–Crippen LogP) is 2.51. The monoisotopic (exact) mass is 299 g/mol. The molecule has 1 aromatic carbocycles. The van der Waals surface area contributed by atoms with E-state index >= 15 is 0 Å². The molecule has 0 radical (unpaired) electrons. The Balaban J connectivity index is 1.64. The van der Waals surface area contributed by atoms with Crippen molar-refractivity contribution in [2.24, 2.45) is 5.92 Å². The van der Waals surface area contributed by atoms with Crippen LogP contribution < -0.4 is 10.6 Å². The summed E-state index contributed by atoms with van der Waals surface area (Å²) in [5.41, 5.74) is 1.77. The molecule has 0 bridgehead atoms. The zero-order valence-corrected chi connectivity index (χ0v) is 12.5. The van der Waals surface area contributed by atoms with E-state index in [2.05, 4.69) is 22.8 Å². The number of nitrogens with zero attached hydrogens (tertiary/aromatic N) is 1. The molecule has 1 heterocycles. The van der Waals surface area contributed by atoms with E-state index in [1.807, 2.05) is 24.3 Å². The molecule has 2 aliphatic rings. The van der Waals surface area contributed by atoms with E-state index in [1.165, 1.54) is 0 Å². The second-order valence-electron chi connectivity index (χ2n) is 5.83. The van der Waals surface area contributed by atoms with Crippen LogP contribution in [0.2, 0.25) is 0 Å². The van der Waals surface area contributed by atoms with Gasteiger partial charge in [0.15, 0.2) is 0 Å². The molecule has 1 fully saturated rings. The summed E-state index contributed by atoms with van der Waals surface area (Å²) in [7, 11) is 0. The number of urea groups is 1. The van der Waals surface area contributed by atoms with Crippen molar-refractivity contribution < 1.29 is 9.59 Å². The molecule has 5 nitrogen and oxygen atoms in total. The number of amides is 3. The Morgan fingerprint density at radius 3 is 2.95 bits per heavy atom. The van der Waals surface area contributed by atoms with Gasteiger partial charge >= 0.3 is 6.03 Å². The van der Waals surface area contributed by atoms with Gasteiger partial charge in [0.1, 0.15) is 0 Å². The van der Waals surface area contributed by atoms with Gasteiger partial charge in [-0.25, -0.2) is 4.79 Å². The van der Waals surface area contributed by atoms with Crippen molar-refractivity contribution in [3.63, 3.8) is 0 Å². The topological polar surface area (TPSA) is 61.4 Å². The van der Waals surface area contributed by atoms with E-state index in [0.29, 0.717) is 32.0 Å². The molecule has 0 spiro atoms. The van der Waals surface area contributed by atoms with Crippen LogP contribution in [0.1, 0.15) is 24.8 Å². The van der Waals surface area contributed by atoms with Gasteiger partial charge in [-0.2, -0.15) is 0 Å². The van der Waals surface area contributed by atoms with Crippen molar-refractivity contribution in [3.05, 3.63) is 42.0 Å². The van der Waals surface area contributed by atoms with E-state index < -0.39 is 0 Å². The number of benzene rings is 1. The zero-order valence-electron chi connectivity index (χ0n) is 12.5. The molecule has 3 rings (SSSR count). The zero-order chi connectivity index (χ0) is 15.4. The van der Waals surface area contributed by atoms with Crippen LogP contribution in [-0.4, -0.2) is 29.9 Å². The quantitative estimate of drug-likeness (QED) is 0.821. The minimum absolute atomic E-state index is 0.0369. The standard InChI is InChI=1S/C17H21N3O2/c21-16(11-13-5-1-2-6-13)19-15-8-4-3-7-14(15)12-20-10-9-18-17(20)22/h1,3-5,7-8,13H,2,6,9-12H2,(H,18,22)(H,19,21). The third kappa shape index (κ3) is 3.47. The Bertz CT molecular complexity index is 597. The molecule has 3 amide bonds. The molecule has 5 heteroatoms. The van der Waals surface area contributed by atoms with Crippen LogP contribution in [0.15, 0.2) is 36.4 Å². The van der Waals surface area contributed by atoms with Gasteiger partial charge in [-0.15, -0.1) is 0 Å². The van der Waals surface area contributed by atoms with Crippen LogP contribution in [0.3, 0.4) is 0 Å². The first-order valence-electron chi connectivity index (χ1n) is 7.79. The molecule has 1 unspecified atom stereocenters. The Morgan fingerprint density at radius 2 is 2.23 bits per heavy atom. The summed E-state index contributed by atoms with van der Waals surface area (Å²) in [6, 6.07) is 7.64. The van der Waals surface area contributed by atoms with Crippen LogP contribution in [-0.2, 0) is 11.3 Å². The smallest absolute Gasteiger partial charge is 0.317 e. The molecule has 1 atom stereocenters. The van der Waals surface area contributed by atoms with Gasteiger partial charge in [0.2, 0.25) is 5.91 Å². The summed E-state index contributed by atoms with van der Waals surface area (Å²) in [6.07, 6.45) is 6.91. The Morgan fingerprint density at radius 1 is 1.36 bits per heavy atom. The van der Waals surface area contributed by atoms with Crippen molar-refractivity contribution in [2.45, 2.75) is 25.8 Å². The van der Waals surface area contributed by atoms with Crippen molar-refractivity contribution in [2.75, 3.05) is 18.4 Å². The first-order chi connectivity index (χ1) is 10.7. The van der Waals surface area contributed by atoms with E-state index in [1.54, 1.807) is 4.90 Å². The predicted molar refractivity (Wildman–Crippen MR) is 85.4 cm³/mol. The van der Waals surface area contributed by atoms with Crippen molar-refractivity contribution >= 4 is 17.6 Å². The summed E-state index contributed by atoms with van der Waals surface area (Å²) in [5, 5.41) is 5.79. The molecule has 116 valence electrons. The van der Waals surface area contributed by atoms with Crippen molar-refractivity contribution in [1.29, 1.82) is 0 Å². The van der Waals surface area contributed by atoms with Gasteiger partial charge < -0.3 is 15.5 Å². The number of hydrogen-bond acceptors (Lipinski definition) is 2. The van der Waals surface area contributed by atoms with Crippen LogP contribution in [0.4, 0.5) is 10.5 Å². The number of rotatable bonds is 5. The van der Waals surface area contributed by atoms with Crippen LogP contribution >= 0.6 is 0 Å². The molecule has 1 aliphatic heterocycles. The maximum absolute atomic E-state index is 12.2. The van der Waals surface area contributed by atoms with Gasteiger partial charge in [0.05, 0.1) is 0 Å². The highest BCUT2D eigenvalue weighted by molar-refractivity contribution is 5.91. The Kier molecular flexibility index (Phi) is 4.42. The van der Waals surface area contributed by atoms with Gasteiger partial charge in [0.25, 0.3) is 0 Å². The first kappa shape index (κ1) is 14.6. The first-order valence-corrected chi connectivity index (χ1v) is 7.79. The Labute approximate surface area is 130 Å². The number of hydrogen-bond donors (Lipinski definition) is 2. The average molecular weight is 299 g/mol. The fourth-order valence-electron chi connectivity index (χ4n) is 2.95. The molecular weight excluding hydrogens is 278 g/mol. The lowest BCUT2D eigenvalue weighted by atomic mass is 10.0. The Hall–Kier alpha value is -2.30. The number of carbonyl (C=O) groups excluding carboxylic acids is 2. The fraction of sp³-hybridized carbons (Fsp3) is 0.412. The lowest BCUT2D eigenvalue weighted by Crippen LogP contribution is -2.28. The highest BCUT2D eigenvalue weighted by atomic mass is 16.2. The van der Waals surface area contributed by atoms with E-state index in [4.69, 9.17) is 0 Å². The largest absolute Gasteiger partial charge is 0.336 e. The maximum atomic E-state index is 12.2. The van der Waals surface area contributed by atoms with E-state index in [-0.39, 0.29) is 11.9 Å². The summed E-state index contributed by atoms with van der Waals surface area (Å²) < 4.78 is 0. The second kappa shape index (κ2) is 6.64. The highest BCUT2D eigenvalue weighted by Crippen LogP contribution is 2.23. The van der Waals surface area contributed by atoms with E-state index in [9.17, 15) is 9.59 Å². The van der Waals surface area contributed by atoms with Gasteiger partial charge in [0, 0.05) is 31.7 Å². The van der Waals surface area contributed by atoms with Crippen LogP contribution in [0.5, 0.6) is 0 Å². The van der Waals surface area contributed by atoms with Crippen molar-refractivity contribution in [3.8, 4) is 0 Å². The van der Waals surface area contributed by atoms with E-state index in [0.717, 1.165) is 24.1 Å². The lowest BCUT2D eigenvalue weighted by molar-refractivity contribution is -0.116.